The Labute approximate surface area is 352 Å². The standard InChI is InChI=1S/C48H30N6O2S3/c49-21-25(22-50)35-27-11-3-5-13-29(27)41(55)39(35)53-33-19-31-43(57-33)45-37(47(31)15-7-1-8-16-47)38-46(59-45)44-32(48(38)17-9-2-10-18-48)20-34(58-44)54-40-36(26(23-51)24-52)28-12-4-6-14-30(28)42(40)56/h3-6,11-14,19-20H,1-2,7-10,15-18H2. The van der Waals surface area contributed by atoms with Gasteiger partial charge < -0.3 is 0 Å². The van der Waals surface area contributed by atoms with Crippen molar-refractivity contribution < 1.29 is 9.59 Å². The summed E-state index contributed by atoms with van der Waals surface area (Å²) in [6, 6.07) is 26.6. The molecule has 3 aromatic heterocycles. The fraction of sp³-hybridized carbons (Fsp3) is 0.250. The molecule has 2 spiro atoms. The minimum atomic E-state index is -0.276. The molecular weight excluding hydrogens is 789 g/mol. The van der Waals surface area contributed by atoms with Gasteiger partial charge in [0.1, 0.15) is 56.8 Å². The quantitative estimate of drug-likeness (QED) is 0.162. The van der Waals surface area contributed by atoms with Crippen molar-refractivity contribution in [2.75, 3.05) is 0 Å². The summed E-state index contributed by atoms with van der Waals surface area (Å²) in [5.74, 6) is -0.553. The molecule has 11 heteroatoms. The predicted octanol–water partition coefficient (Wildman–Crippen LogP) is 11.9. The van der Waals surface area contributed by atoms with Crippen LogP contribution >= 0.6 is 34.0 Å². The zero-order chi connectivity index (χ0) is 40.2. The van der Waals surface area contributed by atoms with E-state index in [4.69, 9.17) is 9.98 Å². The Morgan fingerprint density at radius 3 is 1.25 bits per heavy atom. The number of Topliss-reactive ketones (excluding diaryl/α,β-unsaturated/α-hetero) is 2. The Hall–Kier alpha value is -6.34. The highest BCUT2D eigenvalue weighted by Crippen LogP contribution is 2.71. The molecule has 2 fully saturated rings. The van der Waals surface area contributed by atoms with Crippen LogP contribution in [-0.4, -0.2) is 23.0 Å². The van der Waals surface area contributed by atoms with Crippen molar-refractivity contribution in [3.63, 3.8) is 0 Å². The highest BCUT2D eigenvalue weighted by molar-refractivity contribution is 7.29. The number of nitrogens with zero attached hydrogens (tertiary/aromatic N) is 6. The zero-order valence-corrected chi connectivity index (χ0v) is 34.0. The number of allylic oxidation sites excluding steroid dienone is 4. The first-order valence-electron chi connectivity index (χ1n) is 19.9. The van der Waals surface area contributed by atoms with Crippen LogP contribution in [0.2, 0.25) is 0 Å². The number of carbonyl (C=O) groups is 2. The normalized spacial score (nSPS) is 19.8. The second-order valence-corrected chi connectivity index (χ2v) is 19.2. The van der Waals surface area contributed by atoms with Crippen molar-refractivity contribution in [2.45, 2.75) is 75.0 Å². The van der Waals surface area contributed by atoms with E-state index in [0.29, 0.717) is 43.4 Å². The molecule has 0 unspecified atom stereocenters. The Morgan fingerprint density at radius 2 is 0.881 bits per heavy atom. The molecule has 0 aliphatic heterocycles. The molecule has 11 rings (SSSR count). The molecule has 6 aliphatic rings. The van der Waals surface area contributed by atoms with Crippen LogP contribution in [0.5, 0.6) is 0 Å². The Bertz CT molecular complexity index is 2870. The van der Waals surface area contributed by atoms with Crippen LogP contribution in [-0.2, 0) is 10.8 Å². The highest BCUT2D eigenvalue weighted by atomic mass is 32.1. The number of nitriles is 4. The highest BCUT2D eigenvalue weighted by Gasteiger charge is 2.56. The van der Waals surface area contributed by atoms with E-state index in [0.717, 1.165) is 51.4 Å². The van der Waals surface area contributed by atoms with Crippen LogP contribution in [0.25, 0.3) is 30.7 Å². The monoisotopic (exact) mass is 818 g/mol. The van der Waals surface area contributed by atoms with Gasteiger partial charge in [0.25, 0.3) is 0 Å². The van der Waals surface area contributed by atoms with E-state index in [1.165, 1.54) is 54.6 Å². The van der Waals surface area contributed by atoms with E-state index < -0.39 is 0 Å². The largest absolute Gasteiger partial charge is 0.287 e. The predicted molar refractivity (Wildman–Crippen MR) is 231 cm³/mol. The molecule has 2 aromatic carbocycles. The molecule has 8 nitrogen and oxygen atoms in total. The fourth-order valence-corrected chi connectivity index (χ4v) is 15.0. The third kappa shape index (κ3) is 4.76. The first-order chi connectivity index (χ1) is 28.9. The number of aliphatic imine (C=N–C) groups is 2. The van der Waals surface area contributed by atoms with Crippen molar-refractivity contribution in [3.05, 3.63) is 116 Å². The smallest absolute Gasteiger partial charge is 0.212 e. The Morgan fingerprint density at radius 1 is 0.508 bits per heavy atom. The number of benzene rings is 2. The van der Waals surface area contributed by atoms with Gasteiger partial charge in [0.05, 0.1) is 9.75 Å². The van der Waals surface area contributed by atoms with Crippen LogP contribution < -0.4 is 0 Å². The number of hydrogen-bond acceptors (Lipinski definition) is 11. The molecule has 59 heavy (non-hydrogen) atoms. The van der Waals surface area contributed by atoms with Gasteiger partial charge in [-0.05, 0) is 71.2 Å². The lowest BCUT2D eigenvalue weighted by atomic mass is 9.61. The van der Waals surface area contributed by atoms with Gasteiger partial charge in [0.2, 0.25) is 11.6 Å². The van der Waals surface area contributed by atoms with Crippen LogP contribution in [0, 0.1) is 45.3 Å². The SMILES string of the molecule is N#CC(C#N)=C1C(=Nc2cc3c(s2)-c2sc4c(c2C32CCCCC2)C2(CCCCC2)c2cc(N=C3C(=O)c5ccccc5C3=C(C#N)C#N)sc2-4)C(=O)c2ccccc21. The van der Waals surface area contributed by atoms with Crippen molar-refractivity contribution >= 4 is 78.1 Å². The number of carbonyl (C=O) groups excluding carboxylic acids is 2. The van der Waals surface area contributed by atoms with Gasteiger partial charge in [-0.3, -0.25) is 9.59 Å². The van der Waals surface area contributed by atoms with Gasteiger partial charge in [-0.1, -0.05) is 87.1 Å². The van der Waals surface area contributed by atoms with Crippen molar-refractivity contribution in [2.24, 2.45) is 9.98 Å². The van der Waals surface area contributed by atoms with E-state index in [9.17, 15) is 30.6 Å². The Kier molecular flexibility index (Phi) is 7.94. The summed E-state index contributed by atoms with van der Waals surface area (Å²) in [6.07, 6.45) is 11.0. The molecule has 0 radical (unpaired) electrons. The summed E-state index contributed by atoms with van der Waals surface area (Å²) >= 11 is 5.05. The van der Waals surface area contributed by atoms with Gasteiger partial charge in [0.15, 0.2) is 0 Å². The second kappa shape index (κ2) is 13.1. The molecule has 0 bridgehead atoms. The average Bonchev–Trinajstić information content (AvgIpc) is 4.13. The van der Waals surface area contributed by atoms with Crippen molar-refractivity contribution in [1.29, 1.82) is 21.0 Å². The number of hydrogen-bond donors (Lipinski definition) is 0. The summed E-state index contributed by atoms with van der Waals surface area (Å²) in [4.78, 5) is 42.6. The molecule has 0 amide bonds. The van der Waals surface area contributed by atoms with Crippen LogP contribution in [0.3, 0.4) is 0 Å². The van der Waals surface area contributed by atoms with E-state index in [1.807, 2.05) is 35.6 Å². The molecular formula is C48H30N6O2S3. The lowest BCUT2D eigenvalue weighted by Crippen LogP contribution is -2.34. The van der Waals surface area contributed by atoms with Crippen molar-refractivity contribution in [1.82, 2.24) is 0 Å². The average molecular weight is 819 g/mol. The number of fused-ring (bicyclic) bond motifs is 13. The molecule has 2 saturated carbocycles. The molecule has 6 aliphatic carbocycles. The van der Waals surface area contributed by atoms with E-state index in [1.54, 1.807) is 71.2 Å². The van der Waals surface area contributed by atoms with Gasteiger partial charge in [-0.15, -0.1) is 34.0 Å². The molecule has 0 saturated heterocycles. The third-order valence-corrected chi connectivity index (χ3v) is 16.9. The molecule has 5 aromatic rings. The lowest BCUT2D eigenvalue weighted by molar-refractivity contribution is 0.106. The first kappa shape index (κ1) is 35.8. The first-order valence-corrected chi connectivity index (χ1v) is 22.3. The van der Waals surface area contributed by atoms with Gasteiger partial charge in [0, 0.05) is 42.9 Å². The van der Waals surface area contributed by atoms with Gasteiger partial charge in [-0.25, -0.2) is 9.98 Å². The maximum Gasteiger partial charge on any atom is 0.212 e. The zero-order valence-electron chi connectivity index (χ0n) is 31.6. The molecule has 0 N–H and O–H groups in total. The summed E-state index contributed by atoms with van der Waals surface area (Å²) < 4.78 is 0. The summed E-state index contributed by atoms with van der Waals surface area (Å²) in [6.45, 7) is 0. The molecule has 282 valence electrons. The van der Waals surface area contributed by atoms with Crippen molar-refractivity contribution in [3.8, 4) is 43.8 Å². The fourth-order valence-electron chi connectivity index (χ4n) is 10.9. The minimum Gasteiger partial charge on any atom is -0.287 e. The minimum absolute atomic E-state index is 0.120. The van der Waals surface area contributed by atoms with Gasteiger partial charge >= 0.3 is 0 Å². The lowest BCUT2D eigenvalue weighted by Gasteiger charge is -2.41. The van der Waals surface area contributed by atoms with E-state index in [2.05, 4.69) is 12.1 Å². The maximum absolute atomic E-state index is 13.8. The van der Waals surface area contributed by atoms with E-state index >= 15 is 0 Å². The molecule has 0 atom stereocenters. The summed E-state index contributed by atoms with van der Waals surface area (Å²) in [5, 5.41) is 41.1. The topological polar surface area (TPSA) is 154 Å². The number of rotatable bonds is 2. The van der Waals surface area contributed by atoms with Crippen LogP contribution in [0.1, 0.15) is 118 Å². The van der Waals surface area contributed by atoms with E-state index in [-0.39, 0.29) is 45.0 Å². The number of thiophene rings is 3. The summed E-state index contributed by atoms with van der Waals surface area (Å²) in [7, 11) is 0. The van der Waals surface area contributed by atoms with Crippen LogP contribution in [0.4, 0.5) is 10.0 Å². The second-order valence-electron chi connectivity index (χ2n) is 16.1. The number of ketones is 2. The molecule has 3 heterocycles. The Balaban J connectivity index is 1.09. The van der Waals surface area contributed by atoms with Gasteiger partial charge in [-0.2, -0.15) is 21.0 Å². The maximum atomic E-state index is 13.8. The summed E-state index contributed by atoms with van der Waals surface area (Å²) in [5.41, 5.74) is 7.89. The van der Waals surface area contributed by atoms with Crippen LogP contribution in [0.15, 0.2) is 81.8 Å². The third-order valence-electron chi connectivity index (χ3n) is 13.3.